The maximum Gasteiger partial charge on any atom is 0.173 e. The average molecular weight is 324 g/mol. The van der Waals surface area contributed by atoms with E-state index in [2.05, 4.69) is 32.3 Å². The summed E-state index contributed by atoms with van der Waals surface area (Å²) >= 11 is 5.56. The van der Waals surface area contributed by atoms with E-state index < -0.39 is 0 Å². The number of hydrogen-bond donors (Lipinski definition) is 1. The zero-order valence-electron chi connectivity index (χ0n) is 12.5. The van der Waals surface area contributed by atoms with Gasteiger partial charge in [0.1, 0.15) is 0 Å². The van der Waals surface area contributed by atoms with Crippen molar-refractivity contribution in [2.75, 3.05) is 31.6 Å². The molecule has 1 aliphatic rings. The molecular formula is C17H16N4OS. The lowest BCUT2D eigenvalue weighted by Gasteiger charge is -2.29. The molecule has 23 heavy (non-hydrogen) atoms. The average Bonchev–Trinajstić information content (AvgIpc) is 2.62. The summed E-state index contributed by atoms with van der Waals surface area (Å²) in [5.41, 5.74) is 2.75. The molecule has 0 atom stereocenters. The number of fused-ring (bicyclic) bond motifs is 3. The van der Waals surface area contributed by atoms with Crippen molar-refractivity contribution in [3.05, 3.63) is 42.7 Å². The first-order chi connectivity index (χ1) is 11.3. The van der Waals surface area contributed by atoms with E-state index in [0.717, 1.165) is 40.6 Å². The van der Waals surface area contributed by atoms with Crippen LogP contribution in [0.15, 0.2) is 42.7 Å². The zero-order chi connectivity index (χ0) is 15.6. The third-order valence-corrected chi connectivity index (χ3v) is 4.36. The molecule has 0 radical (unpaired) electrons. The quantitative estimate of drug-likeness (QED) is 0.549. The molecule has 0 aliphatic carbocycles. The summed E-state index contributed by atoms with van der Waals surface area (Å²) < 4.78 is 5.38. The second-order valence-electron chi connectivity index (χ2n) is 5.43. The molecule has 5 nitrogen and oxygen atoms in total. The highest BCUT2D eigenvalue weighted by molar-refractivity contribution is 7.80. The van der Waals surface area contributed by atoms with E-state index in [-0.39, 0.29) is 0 Å². The number of pyridine rings is 2. The third kappa shape index (κ3) is 2.71. The predicted octanol–water partition coefficient (Wildman–Crippen LogP) is 2.81. The summed E-state index contributed by atoms with van der Waals surface area (Å²) in [6, 6.07) is 10.0. The number of hydrogen-bond acceptors (Lipinski definition) is 4. The fourth-order valence-electron chi connectivity index (χ4n) is 2.85. The van der Waals surface area contributed by atoms with Gasteiger partial charge in [0, 0.05) is 36.3 Å². The molecule has 6 heteroatoms. The van der Waals surface area contributed by atoms with Gasteiger partial charge in [0.2, 0.25) is 0 Å². The summed E-state index contributed by atoms with van der Waals surface area (Å²) in [5.74, 6) is 0. The molecule has 2 aromatic heterocycles. The predicted molar refractivity (Wildman–Crippen MR) is 95.7 cm³/mol. The number of nitrogens with zero attached hydrogens (tertiary/aromatic N) is 3. The molecule has 0 spiro atoms. The summed E-state index contributed by atoms with van der Waals surface area (Å²) in [7, 11) is 0. The SMILES string of the molecule is S=C(Nc1cc2cccnc2c2cccnc12)N1CCOCC1. The molecule has 4 rings (SSSR count). The Balaban J connectivity index is 1.77. The molecule has 0 amide bonds. The van der Waals surface area contributed by atoms with E-state index in [4.69, 9.17) is 17.0 Å². The largest absolute Gasteiger partial charge is 0.378 e. The molecule has 1 fully saturated rings. The maximum atomic E-state index is 5.56. The Labute approximate surface area is 139 Å². The van der Waals surface area contributed by atoms with Gasteiger partial charge in [0.25, 0.3) is 0 Å². The molecule has 1 N–H and O–H groups in total. The number of nitrogens with one attached hydrogen (secondary N) is 1. The van der Waals surface area contributed by atoms with Crippen LogP contribution in [0.3, 0.4) is 0 Å². The first-order valence-corrected chi connectivity index (χ1v) is 8.00. The lowest BCUT2D eigenvalue weighted by atomic mass is 10.1. The molecule has 1 saturated heterocycles. The minimum atomic E-state index is 0.711. The van der Waals surface area contributed by atoms with Crippen LogP contribution in [0.2, 0.25) is 0 Å². The van der Waals surface area contributed by atoms with E-state index in [1.54, 1.807) is 12.4 Å². The molecule has 1 aliphatic heterocycles. The first-order valence-electron chi connectivity index (χ1n) is 7.59. The fourth-order valence-corrected chi connectivity index (χ4v) is 3.14. The third-order valence-electron chi connectivity index (χ3n) is 4.00. The van der Waals surface area contributed by atoms with Crippen molar-refractivity contribution in [3.63, 3.8) is 0 Å². The number of morpholine rings is 1. The van der Waals surface area contributed by atoms with Gasteiger partial charge < -0.3 is 15.0 Å². The monoisotopic (exact) mass is 324 g/mol. The summed E-state index contributed by atoms with van der Waals surface area (Å²) in [6.45, 7) is 3.05. The molecule has 3 aromatic rings. The lowest BCUT2D eigenvalue weighted by Crippen LogP contribution is -2.42. The van der Waals surface area contributed by atoms with Gasteiger partial charge >= 0.3 is 0 Å². The van der Waals surface area contributed by atoms with Crippen molar-refractivity contribution in [2.45, 2.75) is 0 Å². The Morgan fingerprint density at radius 3 is 2.65 bits per heavy atom. The van der Waals surface area contributed by atoms with Gasteiger partial charge in [-0.3, -0.25) is 9.97 Å². The zero-order valence-corrected chi connectivity index (χ0v) is 13.3. The van der Waals surface area contributed by atoms with Crippen LogP contribution >= 0.6 is 12.2 Å². The Hall–Kier alpha value is -2.31. The van der Waals surface area contributed by atoms with E-state index in [9.17, 15) is 0 Å². The van der Waals surface area contributed by atoms with E-state index in [1.807, 2.05) is 18.2 Å². The van der Waals surface area contributed by atoms with Crippen LogP contribution in [0.25, 0.3) is 21.8 Å². The van der Waals surface area contributed by atoms with Crippen molar-refractivity contribution in [1.29, 1.82) is 0 Å². The van der Waals surface area contributed by atoms with Crippen LogP contribution in [0, 0.1) is 0 Å². The van der Waals surface area contributed by atoms with Gasteiger partial charge in [0.05, 0.1) is 29.9 Å². The smallest absolute Gasteiger partial charge is 0.173 e. The highest BCUT2D eigenvalue weighted by Crippen LogP contribution is 2.29. The van der Waals surface area contributed by atoms with Gasteiger partial charge in [-0.1, -0.05) is 6.07 Å². The van der Waals surface area contributed by atoms with Crippen LogP contribution < -0.4 is 5.32 Å². The Kier molecular flexibility index (Phi) is 3.77. The molecule has 0 saturated carbocycles. The van der Waals surface area contributed by atoms with Crippen LogP contribution in [-0.2, 0) is 4.74 Å². The van der Waals surface area contributed by atoms with Crippen molar-refractivity contribution in [2.24, 2.45) is 0 Å². The van der Waals surface area contributed by atoms with Gasteiger partial charge in [-0.15, -0.1) is 0 Å². The normalized spacial score (nSPS) is 15.0. The Bertz CT molecular complexity index is 877. The van der Waals surface area contributed by atoms with Crippen molar-refractivity contribution in [1.82, 2.24) is 14.9 Å². The number of aromatic nitrogens is 2. The Morgan fingerprint density at radius 1 is 1.09 bits per heavy atom. The summed E-state index contributed by atoms with van der Waals surface area (Å²) in [6.07, 6.45) is 3.60. The van der Waals surface area contributed by atoms with E-state index in [0.29, 0.717) is 18.3 Å². The summed E-state index contributed by atoms with van der Waals surface area (Å²) in [4.78, 5) is 11.1. The lowest BCUT2D eigenvalue weighted by molar-refractivity contribution is 0.0690. The van der Waals surface area contributed by atoms with Gasteiger partial charge in [-0.2, -0.15) is 0 Å². The second-order valence-corrected chi connectivity index (χ2v) is 5.82. The standard InChI is InChI=1S/C17H16N4OS/c23-17(21-7-9-22-10-8-21)20-14-11-12-3-1-5-18-15(12)13-4-2-6-19-16(13)14/h1-6,11H,7-10H2,(H,20,23). The molecule has 3 heterocycles. The Morgan fingerprint density at radius 2 is 1.83 bits per heavy atom. The van der Waals surface area contributed by atoms with Gasteiger partial charge in [-0.25, -0.2) is 0 Å². The van der Waals surface area contributed by atoms with Crippen LogP contribution in [0.5, 0.6) is 0 Å². The van der Waals surface area contributed by atoms with Gasteiger partial charge in [-0.05, 0) is 36.5 Å². The van der Waals surface area contributed by atoms with Gasteiger partial charge in [0.15, 0.2) is 5.11 Å². The van der Waals surface area contributed by atoms with Crippen molar-refractivity contribution in [3.8, 4) is 0 Å². The minimum absolute atomic E-state index is 0.711. The number of anilines is 1. The first kappa shape index (κ1) is 14.3. The molecule has 0 unspecified atom stereocenters. The summed E-state index contributed by atoms with van der Waals surface area (Å²) in [5, 5.41) is 6.17. The fraction of sp³-hybridized carbons (Fsp3) is 0.235. The molecular weight excluding hydrogens is 308 g/mol. The van der Waals surface area contributed by atoms with Crippen LogP contribution in [-0.4, -0.2) is 46.3 Å². The second kappa shape index (κ2) is 6.06. The topological polar surface area (TPSA) is 50.3 Å². The van der Waals surface area contributed by atoms with Crippen LogP contribution in [0.1, 0.15) is 0 Å². The highest BCUT2D eigenvalue weighted by Gasteiger charge is 2.15. The number of rotatable bonds is 1. The molecule has 1 aromatic carbocycles. The molecule has 116 valence electrons. The van der Waals surface area contributed by atoms with Crippen LogP contribution in [0.4, 0.5) is 5.69 Å². The maximum absolute atomic E-state index is 5.56. The van der Waals surface area contributed by atoms with Crippen molar-refractivity contribution >= 4 is 44.8 Å². The number of benzene rings is 1. The number of thiocarbonyl (C=S) groups is 1. The highest BCUT2D eigenvalue weighted by atomic mass is 32.1. The van der Waals surface area contributed by atoms with E-state index in [1.165, 1.54) is 0 Å². The number of ether oxygens (including phenoxy) is 1. The molecule has 0 bridgehead atoms. The minimum Gasteiger partial charge on any atom is -0.378 e. The van der Waals surface area contributed by atoms with Crippen molar-refractivity contribution < 1.29 is 4.74 Å². The van der Waals surface area contributed by atoms with E-state index >= 15 is 0 Å².